The SMILES string of the molecule is O=c1c(CCC(c2ccc(-c3ccc(Br)cc3)cc2)c2ccccc2O)c(O)oc2ccccc12. The maximum Gasteiger partial charge on any atom is 0.289 e. The van der Waals surface area contributed by atoms with Crippen molar-refractivity contribution in [3.8, 4) is 22.8 Å². The summed E-state index contributed by atoms with van der Waals surface area (Å²) in [5.41, 5.74) is 4.36. The van der Waals surface area contributed by atoms with Crippen LogP contribution in [0.1, 0.15) is 29.0 Å². The molecule has 0 aliphatic rings. The molecule has 0 aliphatic carbocycles. The third-order valence-corrected chi connectivity index (χ3v) is 6.89. The molecule has 0 radical (unpaired) electrons. The molecule has 5 aromatic rings. The zero-order chi connectivity index (χ0) is 24.4. The van der Waals surface area contributed by atoms with Gasteiger partial charge in [-0.05, 0) is 59.9 Å². The van der Waals surface area contributed by atoms with Gasteiger partial charge in [-0.2, -0.15) is 0 Å². The van der Waals surface area contributed by atoms with Crippen LogP contribution < -0.4 is 5.43 Å². The summed E-state index contributed by atoms with van der Waals surface area (Å²) in [6.07, 6.45) is 0.804. The van der Waals surface area contributed by atoms with E-state index in [1.54, 1.807) is 36.4 Å². The molecule has 0 bridgehead atoms. The molecule has 1 aromatic heterocycles. The molecule has 1 atom stereocenters. The van der Waals surface area contributed by atoms with Crippen LogP contribution in [0, 0.1) is 0 Å². The summed E-state index contributed by atoms with van der Waals surface area (Å²) in [6, 6.07) is 30.5. The number of rotatable bonds is 6. The highest BCUT2D eigenvalue weighted by Crippen LogP contribution is 2.36. The minimum absolute atomic E-state index is 0.180. The summed E-state index contributed by atoms with van der Waals surface area (Å²) in [5, 5.41) is 21.5. The minimum atomic E-state index is -0.352. The average Bonchev–Trinajstić information content (AvgIpc) is 2.87. The summed E-state index contributed by atoms with van der Waals surface area (Å²) in [6.45, 7) is 0. The van der Waals surface area contributed by atoms with E-state index >= 15 is 0 Å². The van der Waals surface area contributed by atoms with Crippen molar-refractivity contribution in [3.05, 3.63) is 128 Å². The van der Waals surface area contributed by atoms with Crippen molar-refractivity contribution in [2.45, 2.75) is 18.8 Å². The Balaban J connectivity index is 1.49. The molecule has 0 amide bonds. The van der Waals surface area contributed by atoms with Crippen molar-refractivity contribution in [2.75, 3.05) is 0 Å². The van der Waals surface area contributed by atoms with Gasteiger partial charge in [0.15, 0.2) is 5.43 Å². The molecular formula is C30H23BrO4. The fraction of sp³-hybridized carbons (Fsp3) is 0.100. The van der Waals surface area contributed by atoms with E-state index in [0.29, 0.717) is 23.8 Å². The molecule has 174 valence electrons. The van der Waals surface area contributed by atoms with Crippen molar-refractivity contribution >= 4 is 26.9 Å². The van der Waals surface area contributed by atoms with Crippen molar-refractivity contribution in [1.82, 2.24) is 0 Å². The zero-order valence-corrected chi connectivity index (χ0v) is 20.4. The topological polar surface area (TPSA) is 70.7 Å². The van der Waals surface area contributed by atoms with Gasteiger partial charge in [0.05, 0.1) is 10.9 Å². The van der Waals surface area contributed by atoms with E-state index in [0.717, 1.165) is 26.7 Å². The molecule has 4 nitrogen and oxygen atoms in total. The first-order valence-electron chi connectivity index (χ1n) is 11.4. The summed E-state index contributed by atoms with van der Waals surface area (Å²) in [5.74, 6) is -0.333. The number of hydrogen-bond acceptors (Lipinski definition) is 4. The lowest BCUT2D eigenvalue weighted by molar-refractivity contribution is 0.331. The predicted octanol–water partition coefficient (Wildman–Crippen LogP) is 7.40. The fourth-order valence-corrected chi connectivity index (χ4v) is 4.78. The Morgan fingerprint density at radius 2 is 1.40 bits per heavy atom. The van der Waals surface area contributed by atoms with Crippen LogP contribution in [0.15, 0.2) is 111 Å². The van der Waals surface area contributed by atoms with E-state index in [1.807, 2.05) is 24.3 Å². The average molecular weight is 527 g/mol. The molecular weight excluding hydrogens is 504 g/mol. The van der Waals surface area contributed by atoms with Gasteiger partial charge in [0.2, 0.25) is 0 Å². The maximum absolute atomic E-state index is 13.1. The number of aromatic hydroxyl groups is 2. The minimum Gasteiger partial charge on any atom is -0.508 e. The third-order valence-electron chi connectivity index (χ3n) is 6.36. The first kappa shape index (κ1) is 22.9. The number of phenols is 1. The standard InChI is InChI=1S/C30H23BrO4/c31-22-15-13-20(14-16-22)19-9-11-21(12-10-19)23(24-5-1-3-7-27(24)32)17-18-26-29(33)25-6-2-4-8-28(25)35-30(26)34/h1-16,23,32,34H,17-18H2. The zero-order valence-electron chi connectivity index (χ0n) is 18.8. The third kappa shape index (κ3) is 4.73. The second kappa shape index (κ2) is 9.80. The normalized spacial score (nSPS) is 12.0. The van der Waals surface area contributed by atoms with Gasteiger partial charge in [0.1, 0.15) is 11.3 Å². The molecule has 0 aliphatic heterocycles. The molecule has 1 unspecified atom stereocenters. The van der Waals surface area contributed by atoms with E-state index < -0.39 is 0 Å². The molecule has 1 heterocycles. The van der Waals surface area contributed by atoms with E-state index in [4.69, 9.17) is 4.42 Å². The number of benzene rings is 4. The van der Waals surface area contributed by atoms with Gasteiger partial charge in [-0.25, -0.2) is 0 Å². The van der Waals surface area contributed by atoms with Gasteiger partial charge in [-0.3, -0.25) is 4.79 Å². The van der Waals surface area contributed by atoms with E-state index in [9.17, 15) is 15.0 Å². The molecule has 35 heavy (non-hydrogen) atoms. The van der Waals surface area contributed by atoms with Crippen LogP contribution in [0.5, 0.6) is 11.7 Å². The Hall–Kier alpha value is -3.83. The van der Waals surface area contributed by atoms with Crippen molar-refractivity contribution < 1.29 is 14.6 Å². The quantitative estimate of drug-likeness (QED) is 0.242. The highest BCUT2D eigenvalue weighted by atomic mass is 79.9. The number of para-hydroxylation sites is 2. The molecule has 0 fully saturated rings. The highest BCUT2D eigenvalue weighted by molar-refractivity contribution is 9.10. The molecule has 0 saturated carbocycles. The Kier molecular flexibility index (Phi) is 6.43. The second-order valence-corrected chi connectivity index (χ2v) is 9.41. The van der Waals surface area contributed by atoms with Crippen LogP contribution in [0.4, 0.5) is 0 Å². The molecule has 0 spiro atoms. The van der Waals surface area contributed by atoms with E-state index in [-0.39, 0.29) is 28.6 Å². The van der Waals surface area contributed by atoms with Gasteiger partial charge in [-0.15, -0.1) is 0 Å². The Bertz CT molecular complexity index is 1540. The monoisotopic (exact) mass is 526 g/mol. The summed E-state index contributed by atoms with van der Waals surface area (Å²) < 4.78 is 6.54. The summed E-state index contributed by atoms with van der Waals surface area (Å²) in [4.78, 5) is 13.1. The first-order valence-corrected chi connectivity index (χ1v) is 12.2. The van der Waals surface area contributed by atoms with Crippen LogP contribution in [-0.4, -0.2) is 10.2 Å². The summed E-state index contributed by atoms with van der Waals surface area (Å²) >= 11 is 3.47. The lowest BCUT2D eigenvalue weighted by Gasteiger charge is -2.20. The first-order chi connectivity index (χ1) is 17.0. The van der Waals surface area contributed by atoms with Crippen molar-refractivity contribution in [3.63, 3.8) is 0 Å². The van der Waals surface area contributed by atoms with Crippen LogP contribution in [0.25, 0.3) is 22.1 Å². The van der Waals surface area contributed by atoms with Crippen molar-refractivity contribution in [1.29, 1.82) is 0 Å². The van der Waals surface area contributed by atoms with Crippen molar-refractivity contribution in [2.24, 2.45) is 0 Å². The molecule has 5 rings (SSSR count). The smallest absolute Gasteiger partial charge is 0.289 e. The lowest BCUT2D eigenvalue weighted by atomic mass is 9.85. The number of fused-ring (bicyclic) bond motifs is 1. The largest absolute Gasteiger partial charge is 0.508 e. The van der Waals surface area contributed by atoms with Crippen LogP contribution >= 0.6 is 15.9 Å². The van der Waals surface area contributed by atoms with Crippen LogP contribution in [-0.2, 0) is 6.42 Å². The predicted molar refractivity (Wildman–Crippen MR) is 142 cm³/mol. The van der Waals surface area contributed by atoms with E-state index in [2.05, 4.69) is 52.3 Å². The van der Waals surface area contributed by atoms with E-state index in [1.165, 1.54) is 0 Å². The van der Waals surface area contributed by atoms with Crippen LogP contribution in [0.3, 0.4) is 0 Å². The van der Waals surface area contributed by atoms with Gasteiger partial charge in [-0.1, -0.05) is 82.7 Å². The Morgan fingerprint density at radius 3 is 2.11 bits per heavy atom. The number of halogens is 1. The Morgan fingerprint density at radius 1 is 0.771 bits per heavy atom. The highest BCUT2D eigenvalue weighted by Gasteiger charge is 2.21. The summed E-state index contributed by atoms with van der Waals surface area (Å²) in [7, 11) is 0. The lowest BCUT2D eigenvalue weighted by Crippen LogP contribution is -2.12. The van der Waals surface area contributed by atoms with Gasteiger partial charge < -0.3 is 14.6 Å². The van der Waals surface area contributed by atoms with Gasteiger partial charge in [0.25, 0.3) is 5.95 Å². The molecule has 0 saturated heterocycles. The van der Waals surface area contributed by atoms with Gasteiger partial charge >= 0.3 is 0 Å². The molecule has 4 aromatic carbocycles. The number of hydrogen-bond donors (Lipinski definition) is 2. The van der Waals surface area contributed by atoms with Crippen LogP contribution in [0.2, 0.25) is 0 Å². The fourth-order valence-electron chi connectivity index (χ4n) is 4.51. The second-order valence-electron chi connectivity index (χ2n) is 8.49. The Labute approximate surface area is 211 Å². The molecule has 2 N–H and O–H groups in total. The maximum atomic E-state index is 13.1. The number of phenolic OH excluding ortho intramolecular Hbond substituents is 1. The molecule has 5 heteroatoms. The van der Waals surface area contributed by atoms with Gasteiger partial charge in [0, 0.05) is 16.0 Å².